The predicted octanol–water partition coefficient (Wildman–Crippen LogP) is 14.5. The number of nitrogens with zero attached hydrogens (tertiary/aromatic N) is 3. The van der Waals surface area contributed by atoms with Crippen LogP contribution in [-0.2, 0) is 0 Å². The van der Waals surface area contributed by atoms with Gasteiger partial charge in [-0.2, -0.15) is 0 Å². The Kier molecular flexibility index (Phi) is 7.13. The molecule has 12 rings (SSSR count). The van der Waals surface area contributed by atoms with E-state index < -0.39 is 0 Å². The molecule has 8 aromatic carbocycles. The fourth-order valence-corrected chi connectivity index (χ4v) is 9.58. The number of thiophene rings is 1. The molecule has 0 N–H and O–H groups in total. The molecular weight excluding hydrogens is 691 g/mol. The third-order valence-corrected chi connectivity index (χ3v) is 11.9. The van der Waals surface area contributed by atoms with Crippen molar-refractivity contribution in [1.29, 1.82) is 0 Å². The van der Waals surface area contributed by atoms with Crippen LogP contribution in [0.2, 0.25) is 0 Å². The van der Waals surface area contributed by atoms with E-state index in [1.165, 1.54) is 20.9 Å². The molecule has 4 aromatic heterocycles. The fourth-order valence-electron chi connectivity index (χ4n) is 8.42. The van der Waals surface area contributed by atoms with Gasteiger partial charge in [-0.05, 0) is 51.9 Å². The highest BCUT2D eigenvalue weighted by molar-refractivity contribution is 7.26. The van der Waals surface area contributed by atoms with Gasteiger partial charge in [-0.3, -0.25) is 4.57 Å². The van der Waals surface area contributed by atoms with Crippen molar-refractivity contribution in [3.05, 3.63) is 164 Å². The van der Waals surface area contributed by atoms with Gasteiger partial charge in [-0.15, -0.1) is 11.3 Å². The zero-order chi connectivity index (χ0) is 36.6. The maximum Gasteiger partial charge on any atom is 0.235 e. The Balaban J connectivity index is 0.00000173. The highest BCUT2D eigenvalue weighted by Gasteiger charge is 2.25. The predicted molar refractivity (Wildman–Crippen MR) is 234 cm³/mol. The first kappa shape index (κ1) is 31.7. The molecule has 0 amide bonds. The molecule has 260 valence electrons. The van der Waals surface area contributed by atoms with Crippen molar-refractivity contribution in [1.82, 2.24) is 14.5 Å². The quantitative estimate of drug-likeness (QED) is 0.182. The van der Waals surface area contributed by atoms with Crippen molar-refractivity contribution in [3.8, 4) is 28.3 Å². The molecule has 0 saturated heterocycles. The average Bonchev–Trinajstić information content (AvgIpc) is 3.92. The lowest BCUT2D eigenvalue weighted by molar-refractivity contribution is 0.670. The largest absolute Gasteiger partial charge is 0.455 e. The second kappa shape index (κ2) is 12.4. The molecule has 0 unspecified atom stereocenters. The summed E-state index contributed by atoms with van der Waals surface area (Å²) in [5, 5.41) is 10.3. The zero-order valence-electron chi connectivity index (χ0n) is 30.2. The van der Waals surface area contributed by atoms with Crippen LogP contribution in [0, 0.1) is 0 Å². The topological polar surface area (TPSA) is 43.9 Å². The first-order valence-corrected chi connectivity index (χ1v) is 19.6. The maximum atomic E-state index is 6.81. The van der Waals surface area contributed by atoms with E-state index in [1.807, 2.05) is 19.9 Å². The van der Waals surface area contributed by atoms with E-state index in [1.54, 1.807) is 11.3 Å². The molecule has 0 saturated carbocycles. The Morgan fingerprint density at radius 1 is 0.527 bits per heavy atom. The van der Waals surface area contributed by atoms with Gasteiger partial charge in [0.1, 0.15) is 11.2 Å². The SMILES string of the molecule is CC.c1ccc(-c2nc(-n3c4cc5ccccc5cc4c4cccc(-c5c6ccccc6cc6c5oc5ccccc56)c43)nc3c2sc2ccccc23)cc1. The number of benzene rings is 8. The molecule has 0 bridgehead atoms. The first-order chi connectivity index (χ1) is 27.3. The summed E-state index contributed by atoms with van der Waals surface area (Å²) in [4.78, 5) is 11.0. The minimum atomic E-state index is 0.642. The Morgan fingerprint density at radius 3 is 2.02 bits per heavy atom. The summed E-state index contributed by atoms with van der Waals surface area (Å²) in [6.07, 6.45) is 0. The Labute approximate surface area is 320 Å². The third-order valence-electron chi connectivity index (χ3n) is 10.8. The summed E-state index contributed by atoms with van der Waals surface area (Å²) in [6, 6.07) is 58.2. The van der Waals surface area contributed by atoms with Crippen LogP contribution in [0.5, 0.6) is 0 Å². The number of para-hydroxylation sites is 2. The van der Waals surface area contributed by atoms with Crippen LogP contribution in [0.25, 0.3) is 114 Å². The molecule has 0 aliphatic carbocycles. The van der Waals surface area contributed by atoms with E-state index in [4.69, 9.17) is 14.4 Å². The van der Waals surface area contributed by atoms with E-state index >= 15 is 0 Å². The second-order valence-electron chi connectivity index (χ2n) is 13.7. The van der Waals surface area contributed by atoms with Gasteiger partial charge in [0, 0.05) is 48.3 Å². The maximum absolute atomic E-state index is 6.81. The lowest BCUT2D eigenvalue weighted by Crippen LogP contribution is -2.03. The first-order valence-electron chi connectivity index (χ1n) is 18.8. The highest BCUT2D eigenvalue weighted by atomic mass is 32.1. The summed E-state index contributed by atoms with van der Waals surface area (Å²) < 4.78 is 11.4. The smallest absolute Gasteiger partial charge is 0.235 e. The van der Waals surface area contributed by atoms with Crippen LogP contribution in [0.15, 0.2) is 168 Å². The second-order valence-corrected chi connectivity index (χ2v) is 14.8. The molecule has 0 aliphatic rings. The highest BCUT2D eigenvalue weighted by Crippen LogP contribution is 2.47. The zero-order valence-corrected chi connectivity index (χ0v) is 31.1. The molecule has 12 aromatic rings. The van der Waals surface area contributed by atoms with E-state index in [2.05, 4.69) is 162 Å². The van der Waals surface area contributed by atoms with Gasteiger partial charge in [-0.1, -0.05) is 147 Å². The lowest BCUT2D eigenvalue weighted by atomic mass is 9.93. The van der Waals surface area contributed by atoms with Crippen LogP contribution in [0.4, 0.5) is 0 Å². The van der Waals surface area contributed by atoms with Gasteiger partial charge >= 0.3 is 0 Å². The van der Waals surface area contributed by atoms with Gasteiger partial charge in [0.2, 0.25) is 5.95 Å². The summed E-state index contributed by atoms with van der Waals surface area (Å²) in [5.41, 5.74) is 8.98. The molecule has 0 aliphatic heterocycles. The fraction of sp³-hybridized carbons (Fsp3) is 0.0400. The van der Waals surface area contributed by atoms with E-state index in [-0.39, 0.29) is 0 Å². The Hall–Kier alpha value is -6.82. The summed E-state index contributed by atoms with van der Waals surface area (Å²) in [7, 11) is 0. The summed E-state index contributed by atoms with van der Waals surface area (Å²) in [6.45, 7) is 4.00. The van der Waals surface area contributed by atoms with Crippen molar-refractivity contribution >= 4 is 96.9 Å². The molecule has 5 heteroatoms. The number of rotatable bonds is 3. The molecule has 55 heavy (non-hydrogen) atoms. The van der Waals surface area contributed by atoms with Gasteiger partial charge in [-0.25, -0.2) is 9.97 Å². The van der Waals surface area contributed by atoms with Crippen molar-refractivity contribution in [2.45, 2.75) is 13.8 Å². The number of hydrogen-bond acceptors (Lipinski definition) is 4. The average molecular weight is 724 g/mol. The van der Waals surface area contributed by atoms with Crippen LogP contribution in [-0.4, -0.2) is 14.5 Å². The molecule has 4 nitrogen and oxygen atoms in total. The van der Waals surface area contributed by atoms with E-state index in [0.717, 1.165) is 87.1 Å². The Bertz CT molecular complexity index is 3460. The van der Waals surface area contributed by atoms with Crippen LogP contribution in [0.3, 0.4) is 0 Å². The monoisotopic (exact) mass is 723 g/mol. The van der Waals surface area contributed by atoms with Crippen LogP contribution >= 0.6 is 11.3 Å². The third kappa shape index (κ3) is 4.70. The number of furan rings is 1. The van der Waals surface area contributed by atoms with Gasteiger partial charge in [0.25, 0.3) is 0 Å². The molecule has 0 radical (unpaired) electrons. The summed E-state index contributed by atoms with van der Waals surface area (Å²) >= 11 is 1.76. The van der Waals surface area contributed by atoms with Gasteiger partial charge in [0.05, 0.1) is 26.9 Å². The minimum Gasteiger partial charge on any atom is -0.455 e. The molecular formula is C50H33N3OS. The van der Waals surface area contributed by atoms with E-state index in [9.17, 15) is 0 Å². The number of fused-ring (bicyclic) bond motifs is 11. The van der Waals surface area contributed by atoms with Crippen LogP contribution < -0.4 is 0 Å². The molecule has 0 spiro atoms. The van der Waals surface area contributed by atoms with Crippen molar-refractivity contribution in [2.75, 3.05) is 0 Å². The molecule has 0 fully saturated rings. The molecule has 4 heterocycles. The van der Waals surface area contributed by atoms with Crippen molar-refractivity contribution < 1.29 is 4.42 Å². The molecule has 0 atom stereocenters. The number of aromatic nitrogens is 3. The normalized spacial score (nSPS) is 11.8. The van der Waals surface area contributed by atoms with Crippen LogP contribution in [0.1, 0.15) is 13.8 Å². The standard InChI is InChI=1S/C48H27N3OS.C2H6/c1-2-13-28(14-3-1)43-47-44(35-20-9-11-24-41(35)53-47)50-48(49-43)51-39-27-30-16-5-4-15-29(30)25-37(39)34-21-12-22-36(45(34)51)42-32-18-7-6-17-31(32)26-38-33-19-8-10-23-40(33)52-46(38)42;1-2/h1-27H;1-2H3. The van der Waals surface area contributed by atoms with Crippen molar-refractivity contribution in [2.24, 2.45) is 0 Å². The summed E-state index contributed by atoms with van der Waals surface area (Å²) in [5.74, 6) is 0.642. The Morgan fingerprint density at radius 2 is 1.18 bits per heavy atom. The van der Waals surface area contributed by atoms with Gasteiger partial charge < -0.3 is 4.42 Å². The lowest BCUT2D eigenvalue weighted by Gasteiger charge is -2.14. The van der Waals surface area contributed by atoms with Gasteiger partial charge in [0.15, 0.2) is 0 Å². The minimum absolute atomic E-state index is 0.642. The number of hydrogen-bond donors (Lipinski definition) is 0. The van der Waals surface area contributed by atoms with Crippen molar-refractivity contribution in [3.63, 3.8) is 0 Å². The van der Waals surface area contributed by atoms with E-state index in [0.29, 0.717) is 5.95 Å².